The van der Waals surface area contributed by atoms with Crippen LogP contribution in [0.5, 0.6) is 0 Å². The summed E-state index contributed by atoms with van der Waals surface area (Å²) < 4.78 is 18.8. The van der Waals surface area contributed by atoms with Crippen molar-refractivity contribution in [3.63, 3.8) is 0 Å². The van der Waals surface area contributed by atoms with Crippen molar-refractivity contribution in [2.24, 2.45) is 0 Å². The minimum atomic E-state index is -0.419. The maximum atomic E-state index is 13.1. The lowest BCUT2D eigenvalue weighted by Gasteiger charge is -2.12. The summed E-state index contributed by atoms with van der Waals surface area (Å²) in [7, 11) is 1.58. The van der Waals surface area contributed by atoms with Gasteiger partial charge in [-0.3, -0.25) is 4.79 Å². The maximum absolute atomic E-state index is 13.1. The predicted octanol–water partition coefficient (Wildman–Crippen LogP) is 2.00. The Labute approximate surface area is 120 Å². The molecule has 0 spiro atoms. The summed E-state index contributed by atoms with van der Waals surface area (Å²) in [4.78, 5) is 16.0. The SMILES string of the molecule is COCCNC(=O)C(C)Nc1nc2cc(F)ccc2s1. The smallest absolute Gasteiger partial charge is 0.242 e. The molecule has 1 amide bonds. The van der Waals surface area contributed by atoms with Crippen LogP contribution in [-0.2, 0) is 9.53 Å². The number of ether oxygens (including phenoxy) is 1. The Kier molecular flexibility index (Phi) is 4.86. The average molecular weight is 297 g/mol. The van der Waals surface area contributed by atoms with Crippen LogP contribution >= 0.6 is 11.3 Å². The average Bonchev–Trinajstić information content (AvgIpc) is 2.80. The highest BCUT2D eigenvalue weighted by atomic mass is 32.1. The predicted molar refractivity (Wildman–Crippen MR) is 77.5 cm³/mol. The normalized spacial score (nSPS) is 12.3. The fourth-order valence-electron chi connectivity index (χ4n) is 1.64. The Morgan fingerprint density at radius 2 is 2.35 bits per heavy atom. The van der Waals surface area contributed by atoms with Crippen LogP contribution < -0.4 is 10.6 Å². The third-order valence-electron chi connectivity index (χ3n) is 2.69. The molecular formula is C13H16FN3O2S. The Balaban J connectivity index is 1.98. The molecule has 0 radical (unpaired) electrons. The van der Waals surface area contributed by atoms with Gasteiger partial charge in [0.15, 0.2) is 5.13 Å². The third kappa shape index (κ3) is 3.64. The topological polar surface area (TPSA) is 63.2 Å². The largest absolute Gasteiger partial charge is 0.383 e. The lowest BCUT2D eigenvalue weighted by molar-refractivity contribution is -0.121. The van der Waals surface area contributed by atoms with Gasteiger partial charge in [-0.15, -0.1) is 0 Å². The van der Waals surface area contributed by atoms with E-state index in [2.05, 4.69) is 15.6 Å². The monoisotopic (exact) mass is 297 g/mol. The number of rotatable bonds is 6. The minimum absolute atomic E-state index is 0.132. The maximum Gasteiger partial charge on any atom is 0.242 e. The van der Waals surface area contributed by atoms with Gasteiger partial charge in [0.1, 0.15) is 11.9 Å². The Hall–Kier alpha value is -1.73. The van der Waals surface area contributed by atoms with Gasteiger partial charge in [0.2, 0.25) is 5.91 Å². The van der Waals surface area contributed by atoms with Gasteiger partial charge in [-0.25, -0.2) is 9.37 Å². The zero-order valence-electron chi connectivity index (χ0n) is 11.3. The van der Waals surface area contributed by atoms with Gasteiger partial charge in [-0.05, 0) is 19.1 Å². The molecule has 2 rings (SSSR count). The number of methoxy groups -OCH3 is 1. The number of nitrogens with one attached hydrogen (secondary N) is 2. The summed E-state index contributed by atoms with van der Waals surface area (Å²) in [5, 5.41) is 6.34. The van der Waals surface area contributed by atoms with Crippen molar-refractivity contribution in [3.8, 4) is 0 Å². The molecule has 1 aromatic carbocycles. The van der Waals surface area contributed by atoms with Gasteiger partial charge in [0.05, 0.1) is 16.8 Å². The highest BCUT2D eigenvalue weighted by molar-refractivity contribution is 7.22. The van der Waals surface area contributed by atoms with Crippen LogP contribution in [0.2, 0.25) is 0 Å². The van der Waals surface area contributed by atoms with E-state index in [0.717, 1.165) is 4.70 Å². The molecule has 0 fully saturated rings. The van der Waals surface area contributed by atoms with Gasteiger partial charge in [-0.1, -0.05) is 11.3 Å². The summed E-state index contributed by atoms with van der Waals surface area (Å²) in [6, 6.07) is 4.03. The lowest BCUT2D eigenvalue weighted by atomic mass is 10.3. The molecule has 0 saturated heterocycles. The Bertz CT molecular complexity index is 602. The number of nitrogens with zero attached hydrogens (tertiary/aromatic N) is 1. The number of hydrogen-bond donors (Lipinski definition) is 2. The van der Waals surface area contributed by atoms with Crippen LogP contribution in [0.3, 0.4) is 0 Å². The van der Waals surface area contributed by atoms with E-state index >= 15 is 0 Å². The van der Waals surface area contributed by atoms with Crippen molar-refractivity contribution in [2.45, 2.75) is 13.0 Å². The van der Waals surface area contributed by atoms with Crippen molar-refractivity contribution in [1.29, 1.82) is 0 Å². The molecule has 2 N–H and O–H groups in total. The van der Waals surface area contributed by atoms with Crippen LogP contribution in [0.1, 0.15) is 6.92 Å². The van der Waals surface area contributed by atoms with Crippen LogP contribution in [-0.4, -0.2) is 37.2 Å². The minimum Gasteiger partial charge on any atom is -0.383 e. The number of aromatic nitrogens is 1. The van der Waals surface area contributed by atoms with Crippen LogP contribution in [0.15, 0.2) is 18.2 Å². The second-order valence-electron chi connectivity index (χ2n) is 4.28. The second kappa shape index (κ2) is 6.62. The molecule has 2 aromatic rings. The van der Waals surface area contributed by atoms with E-state index in [9.17, 15) is 9.18 Å². The summed E-state index contributed by atoms with van der Waals surface area (Å²) in [5.74, 6) is -0.452. The molecule has 1 heterocycles. The quantitative estimate of drug-likeness (QED) is 0.801. The molecular weight excluding hydrogens is 281 g/mol. The van der Waals surface area contributed by atoms with E-state index < -0.39 is 6.04 Å². The fraction of sp³-hybridized carbons (Fsp3) is 0.385. The molecule has 0 aliphatic heterocycles. The van der Waals surface area contributed by atoms with E-state index in [1.807, 2.05) is 0 Å². The third-order valence-corrected chi connectivity index (χ3v) is 3.66. The number of fused-ring (bicyclic) bond motifs is 1. The standard InChI is InChI=1S/C13H16FN3O2S/c1-8(12(18)15-5-6-19-2)16-13-17-10-7-9(14)3-4-11(10)20-13/h3-4,7-8H,5-6H2,1-2H3,(H,15,18)(H,16,17). The number of amides is 1. The Morgan fingerprint density at radius 1 is 1.55 bits per heavy atom. The van der Waals surface area contributed by atoms with E-state index in [-0.39, 0.29) is 11.7 Å². The van der Waals surface area contributed by atoms with Crippen molar-refractivity contribution in [3.05, 3.63) is 24.0 Å². The molecule has 7 heteroatoms. The summed E-state index contributed by atoms with van der Waals surface area (Å²) >= 11 is 1.39. The highest BCUT2D eigenvalue weighted by Gasteiger charge is 2.14. The molecule has 0 aliphatic rings. The first-order valence-corrected chi connectivity index (χ1v) is 7.01. The number of thiazole rings is 1. The first kappa shape index (κ1) is 14.7. The van der Waals surface area contributed by atoms with Crippen molar-refractivity contribution in [1.82, 2.24) is 10.3 Å². The molecule has 108 valence electrons. The Morgan fingerprint density at radius 3 is 3.10 bits per heavy atom. The molecule has 1 aromatic heterocycles. The molecule has 20 heavy (non-hydrogen) atoms. The van der Waals surface area contributed by atoms with Crippen LogP contribution in [0.25, 0.3) is 10.2 Å². The number of carbonyl (C=O) groups is 1. The van der Waals surface area contributed by atoms with Crippen molar-refractivity contribution in [2.75, 3.05) is 25.6 Å². The van der Waals surface area contributed by atoms with E-state index in [1.54, 1.807) is 20.1 Å². The first-order chi connectivity index (χ1) is 9.60. The van der Waals surface area contributed by atoms with Crippen molar-refractivity contribution >= 4 is 32.6 Å². The molecule has 0 bridgehead atoms. The van der Waals surface area contributed by atoms with E-state index in [0.29, 0.717) is 23.8 Å². The fourth-order valence-corrected chi connectivity index (χ4v) is 2.58. The zero-order chi connectivity index (χ0) is 14.5. The number of hydrogen-bond acceptors (Lipinski definition) is 5. The molecule has 0 aliphatic carbocycles. The van der Waals surface area contributed by atoms with E-state index in [4.69, 9.17) is 4.74 Å². The van der Waals surface area contributed by atoms with Gasteiger partial charge < -0.3 is 15.4 Å². The number of anilines is 1. The first-order valence-electron chi connectivity index (χ1n) is 6.19. The second-order valence-corrected chi connectivity index (χ2v) is 5.31. The van der Waals surface area contributed by atoms with Crippen molar-refractivity contribution < 1.29 is 13.9 Å². The van der Waals surface area contributed by atoms with Gasteiger partial charge in [-0.2, -0.15) is 0 Å². The molecule has 0 saturated carbocycles. The highest BCUT2D eigenvalue weighted by Crippen LogP contribution is 2.26. The molecule has 5 nitrogen and oxygen atoms in total. The van der Waals surface area contributed by atoms with E-state index in [1.165, 1.54) is 23.5 Å². The lowest BCUT2D eigenvalue weighted by Crippen LogP contribution is -2.38. The van der Waals surface area contributed by atoms with Crippen LogP contribution in [0.4, 0.5) is 9.52 Å². The summed E-state index contributed by atoms with van der Waals surface area (Å²) in [6.45, 7) is 2.68. The number of halogens is 1. The van der Waals surface area contributed by atoms with Gasteiger partial charge >= 0.3 is 0 Å². The zero-order valence-corrected chi connectivity index (χ0v) is 12.1. The number of benzene rings is 1. The van der Waals surface area contributed by atoms with Gasteiger partial charge in [0.25, 0.3) is 0 Å². The van der Waals surface area contributed by atoms with Gasteiger partial charge in [0, 0.05) is 19.7 Å². The summed E-state index contributed by atoms with van der Waals surface area (Å²) in [5.41, 5.74) is 0.587. The molecule has 1 unspecified atom stereocenters. The molecule has 1 atom stereocenters. The van der Waals surface area contributed by atoms with Crippen LogP contribution in [0, 0.1) is 5.82 Å². The number of carbonyl (C=O) groups excluding carboxylic acids is 1. The summed E-state index contributed by atoms with van der Waals surface area (Å²) in [6.07, 6.45) is 0.